The van der Waals surface area contributed by atoms with Crippen molar-refractivity contribution in [3.63, 3.8) is 0 Å². The number of amides is 2. The molecule has 5 nitrogen and oxygen atoms in total. The van der Waals surface area contributed by atoms with Gasteiger partial charge in [-0.1, -0.05) is 23.6 Å². The van der Waals surface area contributed by atoms with Crippen molar-refractivity contribution in [2.75, 3.05) is 17.6 Å². The van der Waals surface area contributed by atoms with Gasteiger partial charge < -0.3 is 16.4 Å². The van der Waals surface area contributed by atoms with E-state index in [1.807, 2.05) is 0 Å². The Labute approximate surface area is 119 Å². The van der Waals surface area contributed by atoms with Crippen molar-refractivity contribution >= 4 is 28.6 Å². The van der Waals surface area contributed by atoms with Crippen LogP contribution in [0.4, 0.5) is 14.9 Å². The Balaban J connectivity index is 2.16. The SMILES string of the molecule is NCC#Cc1cc(F)ccc1NC(=O)C1CSC(=O)N1. The molecule has 1 aromatic carbocycles. The average Bonchev–Trinajstić information content (AvgIpc) is 2.85. The van der Waals surface area contributed by atoms with Crippen LogP contribution in [-0.4, -0.2) is 29.5 Å². The lowest BCUT2D eigenvalue weighted by molar-refractivity contribution is -0.117. The van der Waals surface area contributed by atoms with Crippen LogP contribution in [0.15, 0.2) is 18.2 Å². The fourth-order valence-corrected chi connectivity index (χ4v) is 2.40. The highest BCUT2D eigenvalue weighted by molar-refractivity contribution is 8.14. The fraction of sp³-hybridized carbons (Fsp3) is 0.231. The van der Waals surface area contributed by atoms with Gasteiger partial charge >= 0.3 is 0 Å². The highest BCUT2D eigenvalue weighted by Gasteiger charge is 2.28. The van der Waals surface area contributed by atoms with Crippen molar-refractivity contribution in [1.29, 1.82) is 0 Å². The van der Waals surface area contributed by atoms with Gasteiger partial charge in [-0.3, -0.25) is 9.59 Å². The average molecular weight is 293 g/mol. The molecule has 1 aliphatic heterocycles. The van der Waals surface area contributed by atoms with Crippen molar-refractivity contribution in [1.82, 2.24) is 5.32 Å². The molecule has 0 aromatic heterocycles. The van der Waals surface area contributed by atoms with E-state index in [1.165, 1.54) is 18.2 Å². The number of rotatable bonds is 2. The van der Waals surface area contributed by atoms with Crippen LogP contribution in [0.1, 0.15) is 5.56 Å². The van der Waals surface area contributed by atoms with Crippen molar-refractivity contribution in [2.45, 2.75) is 6.04 Å². The van der Waals surface area contributed by atoms with Crippen LogP contribution in [0.3, 0.4) is 0 Å². The van der Waals surface area contributed by atoms with E-state index in [2.05, 4.69) is 22.5 Å². The second-order valence-electron chi connectivity index (χ2n) is 3.98. The maximum atomic E-state index is 13.2. The summed E-state index contributed by atoms with van der Waals surface area (Å²) in [5, 5.41) is 4.93. The Kier molecular flexibility index (Phi) is 4.61. The molecule has 2 amide bonds. The number of benzene rings is 1. The lowest BCUT2D eigenvalue weighted by Gasteiger charge is -2.11. The van der Waals surface area contributed by atoms with E-state index in [1.54, 1.807) is 0 Å². The number of carbonyl (C=O) groups is 2. The molecule has 0 radical (unpaired) electrons. The largest absolute Gasteiger partial charge is 0.334 e. The Morgan fingerprint density at radius 3 is 3.05 bits per heavy atom. The third kappa shape index (κ3) is 3.50. The first-order valence-electron chi connectivity index (χ1n) is 5.83. The van der Waals surface area contributed by atoms with Gasteiger partial charge in [0.05, 0.1) is 17.8 Å². The van der Waals surface area contributed by atoms with Gasteiger partial charge in [-0.2, -0.15) is 0 Å². The molecule has 1 saturated heterocycles. The molecule has 1 atom stereocenters. The van der Waals surface area contributed by atoms with Crippen LogP contribution >= 0.6 is 11.8 Å². The molecule has 1 unspecified atom stereocenters. The maximum Gasteiger partial charge on any atom is 0.279 e. The summed E-state index contributed by atoms with van der Waals surface area (Å²) in [6.07, 6.45) is 0. The summed E-state index contributed by atoms with van der Waals surface area (Å²) >= 11 is 1.05. The number of thioether (sulfide) groups is 1. The zero-order valence-electron chi connectivity index (χ0n) is 10.4. The summed E-state index contributed by atoms with van der Waals surface area (Å²) in [7, 11) is 0. The number of halogens is 1. The summed E-state index contributed by atoms with van der Waals surface area (Å²) in [4.78, 5) is 23.0. The van der Waals surface area contributed by atoms with Crippen LogP contribution in [0, 0.1) is 17.7 Å². The lowest BCUT2D eigenvalue weighted by atomic mass is 10.1. The highest BCUT2D eigenvalue weighted by Crippen LogP contribution is 2.18. The first kappa shape index (κ1) is 14.4. The molecule has 1 fully saturated rings. The highest BCUT2D eigenvalue weighted by atomic mass is 32.2. The minimum Gasteiger partial charge on any atom is -0.334 e. The lowest BCUT2D eigenvalue weighted by Crippen LogP contribution is -2.38. The van der Waals surface area contributed by atoms with Gasteiger partial charge in [-0.15, -0.1) is 0 Å². The monoisotopic (exact) mass is 293 g/mol. The number of carbonyl (C=O) groups excluding carboxylic acids is 2. The second kappa shape index (κ2) is 6.41. The minimum atomic E-state index is -0.590. The topological polar surface area (TPSA) is 84.2 Å². The van der Waals surface area contributed by atoms with Gasteiger partial charge in [0.2, 0.25) is 5.91 Å². The molecule has 1 aromatic rings. The Bertz CT molecular complexity index is 609. The quantitative estimate of drug-likeness (QED) is 0.707. The molecule has 0 saturated carbocycles. The number of anilines is 1. The van der Waals surface area contributed by atoms with Crippen LogP contribution in [-0.2, 0) is 4.79 Å². The van der Waals surface area contributed by atoms with Crippen LogP contribution in [0.25, 0.3) is 0 Å². The van der Waals surface area contributed by atoms with E-state index >= 15 is 0 Å². The van der Waals surface area contributed by atoms with Gasteiger partial charge in [0.15, 0.2) is 0 Å². The summed E-state index contributed by atoms with van der Waals surface area (Å²) < 4.78 is 13.2. The molecule has 1 aliphatic rings. The van der Waals surface area contributed by atoms with Crippen molar-refractivity contribution < 1.29 is 14.0 Å². The van der Waals surface area contributed by atoms with E-state index < -0.39 is 11.9 Å². The number of hydrogen-bond acceptors (Lipinski definition) is 4. The molecule has 1 heterocycles. The first-order chi connectivity index (χ1) is 9.60. The Hall–Kier alpha value is -2.04. The molecule has 0 bridgehead atoms. The minimum absolute atomic E-state index is 0.138. The van der Waals surface area contributed by atoms with Gasteiger partial charge in [-0.25, -0.2) is 4.39 Å². The molecule has 4 N–H and O–H groups in total. The first-order valence-corrected chi connectivity index (χ1v) is 6.81. The standard InChI is InChI=1S/C13H12FN3O2S/c14-9-3-4-10(8(6-9)2-1-5-15)16-12(18)11-7-20-13(19)17-11/h3-4,6,11H,5,7,15H2,(H,16,18)(H,17,19). The number of nitrogens with two attached hydrogens (primary N) is 1. The van der Waals surface area contributed by atoms with Gasteiger partial charge in [0.1, 0.15) is 11.9 Å². The normalized spacial score (nSPS) is 17.1. The van der Waals surface area contributed by atoms with E-state index in [0.29, 0.717) is 17.0 Å². The number of nitrogens with one attached hydrogen (secondary N) is 2. The predicted molar refractivity (Wildman–Crippen MR) is 75.7 cm³/mol. The molecule has 2 rings (SSSR count). The maximum absolute atomic E-state index is 13.2. The second-order valence-corrected chi connectivity index (χ2v) is 4.97. The molecule has 0 spiro atoms. The van der Waals surface area contributed by atoms with Crippen molar-refractivity contribution in [2.24, 2.45) is 5.73 Å². The third-order valence-electron chi connectivity index (χ3n) is 2.55. The van der Waals surface area contributed by atoms with Crippen molar-refractivity contribution in [3.05, 3.63) is 29.6 Å². The Morgan fingerprint density at radius 2 is 2.40 bits per heavy atom. The van der Waals surface area contributed by atoms with Crippen molar-refractivity contribution in [3.8, 4) is 11.8 Å². The summed E-state index contributed by atoms with van der Waals surface area (Å²) in [5.74, 6) is 4.87. The molecule has 104 valence electrons. The molecular weight excluding hydrogens is 281 g/mol. The van der Waals surface area contributed by atoms with E-state index in [-0.39, 0.29) is 17.7 Å². The van der Waals surface area contributed by atoms with Crippen LogP contribution in [0.2, 0.25) is 0 Å². The van der Waals surface area contributed by atoms with Gasteiger partial charge in [0, 0.05) is 5.75 Å². The van der Waals surface area contributed by atoms with E-state index in [0.717, 1.165) is 11.8 Å². The van der Waals surface area contributed by atoms with E-state index in [9.17, 15) is 14.0 Å². The van der Waals surface area contributed by atoms with Crippen LogP contribution in [0.5, 0.6) is 0 Å². The predicted octanol–water partition coefficient (Wildman–Crippen LogP) is 0.899. The zero-order chi connectivity index (χ0) is 14.5. The van der Waals surface area contributed by atoms with Crippen LogP contribution < -0.4 is 16.4 Å². The smallest absolute Gasteiger partial charge is 0.279 e. The summed E-state index contributed by atoms with van der Waals surface area (Å²) in [6.45, 7) is 0.138. The molecule has 20 heavy (non-hydrogen) atoms. The molecule has 0 aliphatic carbocycles. The molecule has 7 heteroatoms. The zero-order valence-corrected chi connectivity index (χ0v) is 11.2. The third-order valence-corrected chi connectivity index (χ3v) is 3.43. The van der Waals surface area contributed by atoms with E-state index in [4.69, 9.17) is 5.73 Å². The molecular formula is C13H12FN3O2S. The van der Waals surface area contributed by atoms with Gasteiger partial charge in [0.25, 0.3) is 5.24 Å². The Morgan fingerprint density at radius 1 is 1.60 bits per heavy atom. The number of hydrogen-bond donors (Lipinski definition) is 3. The van der Waals surface area contributed by atoms with Gasteiger partial charge in [-0.05, 0) is 18.2 Å². The fourth-order valence-electron chi connectivity index (χ4n) is 1.62. The summed E-state index contributed by atoms with van der Waals surface area (Å²) in [5.41, 5.74) is 6.02. The summed E-state index contributed by atoms with van der Waals surface area (Å²) in [6, 6.07) is 3.29.